The second kappa shape index (κ2) is 5.28. The van der Waals surface area contributed by atoms with Crippen molar-refractivity contribution in [1.82, 2.24) is 0 Å². The Morgan fingerprint density at radius 2 is 2.10 bits per heavy atom. The van der Waals surface area contributed by atoms with Gasteiger partial charge in [0.1, 0.15) is 0 Å². The van der Waals surface area contributed by atoms with Crippen LogP contribution >= 0.6 is 0 Å². The third-order valence-electron chi connectivity index (χ3n) is 1.43. The summed E-state index contributed by atoms with van der Waals surface area (Å²) in [7, 11) is 0. The molecule has 2 nitrogen and oxygen atoms in total. The molecule has 0 aromatic heterocycles. The predicted octanol–water partition coefficient (Wildman–Crippen LogP) is 0.389. The van der Waals surface area contributed by atoms with Crippen molar-refractivity contribution in [2.45, 2.75) is 26.4 Å². The fraction of sp³-hybridized carbons (Fsp3) is 0.750. The lowest BCUT2D eigenvalue weighted by Crippen LogP contribution is -2.19. The van der Waals surface area contributed by atoms with Gasteiger partial charge in [0, 0.05) is 18.9 Å². The van der Waals surface area contributed by atoms with Crippen LogP contribution < -0.4 is 0 Å². The molecule has 0 saturated heterocycles. The van der Waals surface area contributed by atoms with Gasteiger partial charge < -0.3 is 10.2 Å². The van der Waals surface area contributed by atoms with Crippen molar-refractivity contribution in [3.05, 3.63) is 0 Å². The molecule has 0 spiro atoms. The maximum Gasteiger partial charge on any atom is 0.0696 e. The Balaban J connectivity index is 3.57. The molecule has 0 aliphatic carbocycles. The molecule has 2 N–H and O–H groups in total. The van der Waals surface area contributed by atoms with Crippen LogP contribution in [0.2, 0.25) is 0 Å². The fourth-order valence-corrected chi connectivity index (χ4v) is 0.529. The summed E-state index contributed by atoms with van der Waals surface area (Å²) in [6.07, 6.45) is -0.0319. The zero-order chi connectivity index (χ0) is 7.98. The molecule has 0 rings (SSSR count). The van der Waals surface area contributed by atoms with Crippen LogP contribution in [0.25, 0.3) is 0 Å². The van der Waals surface area contributed by atoms with Gasteiger partial charge in [0.15, 0.2) is 0 Å². The first-order chi connectivity index (χ1) is 4.72. The van der Waals surface area contributed by atoms with Crippen LogP contribution in [0.4, 0.5) is 0 Å². The van der Waals surface area contributed by atoms with E-state index in [1.165, 1.54) is 0 Å². The molecule has 0 unspecified atom stereocenters. The normalized spacial score (nSPS) is 15.2. The van der Waals surface area contributed by atoms with Crippen LogP contribution in [-0.2, 0) is 0 Å². The highest BCUT2D eigenvalue weighted by atomic mass is 16.3. The van der Waals surface area contributed by atoms with E-state index >= 15 is 0 Å². The Morgan fingerprint density at radius 1 is 1.50 bits per heavy atom. The molecule has 0 aliphatic rings. The van der Waals surface area contributed by atoms with Crippen molar-refractivity contribution >= 4 is 0 Å². The van der Waals surface area contributed by atoms with Crippen molar-refractivity contribution in [1.29, 1.82) is 0 Å². The maximum absolute atomic E-state index is 9.19. The summed E-state index contributed by atoms with van der Waals surface area (Å²) in [5.41, 5.74) is 0. The van der Waals surface area contributed by atoms with E-state index in [2.05, 4.69) is 11.8 Å². The largest absolute Gasteiger partial charge is 0.396 e. The van der Waals surface area contributed by atoms with Crippen molar-refractivity contribution in [3.63, 3.8) is 0 Å². The summed E-state index contributed by atoms with van der Waals surface area (Å²) < 4.78 is 0. The summed E-state index contributed by atoms with van der Waals surface area (Å²) in [6, 6.07) is 0. The zero-order valence-corrected chi connectivity index (χ0v) is 6.46. The van der Waals surface area contributed by atoms with E-state index in [0.29, 0.717) is 6.42 Å². The molecular weight excluding hydrogens is 128 g/mol. The van der Waals surface area contributed by atoms with Crippen molar-refractivity contribution in [2.24, 2.45) is 5.92 Å². The summed E-state index contributed by atoms with van der Waals surface area (Å²) >= 11 is 0. The number of hydrogen-bond donors (Lipinski definition) is 2. The first kappa shape index (κ1) is 9.48. The topological polar surface area (TPSA) is 40.5 Å². The minimum absolute atomic E-state index is 0.0204. The SMILES string of the molecule is CC#CC[C@@H](O)[C@@H](C)CO. The molecule has 0 radical (unpaired) electrons. The first-order valence-corrected chi connectivity index (χ1v) is 3.41. The Hall–Kier alpha value is -0.520. The lowest BCUT2D eigenvalue weighted by Gasteiger charge is -2.12. The van der Waals surface area contributed by atoms with E-state index in [1.54, 1.807) is 13.8 Å². The van der Waals surface area contributed by atoms with Crippen LogP contribution in [0.5, 0.6) is 0 Å². The van der Waals surface area contributed by atoms with Gasteiger partial charge in [-0.3, -0.25) is 0 Å². The van der Waals surface area contributed by atoms with Gasteiger partial charge in [-0.2, -0.15) is 0 Å². The summed E-state index contributed by atoms with van der Waals surface area (Å²) in [6.45, 7) is 3.55. The Morgan fingerprint density at radius 3 is 2.50 bits per heavy atom. The number of aliphatic hydroxyl groups is 2. The molecule has 2 atom stereocenters. The molecule has 0 saturated carbocycles. The van der Waals surface area contributed by atoms with Gasteiger partial charge in [0.25, 0.3) is 0 Å². The van der Waals surface area contributed by atoms with Gasteiger partial charge >= 0.3 is 0 Å². The Bertz CT molecular complexity index is 132. The highest BCUT2D eigenvalue weighted by Crippen LogP contribution is 2.04. The van der Waals surface area contributed by atoms with Crippen molar-refractivity contribution in [2.75, 3.05) is 6.61 Å². The molecule has 10 heavy (non-hydrogen) atoms. The molecule has 0 aromatic carbocycles. The molecule has 0 fully saturated rings. The average molecular weight is 142 g/mol. The molecule has 0 amide bonds. The summed E-state index contributed by atoms with van der Waals surface area (Å²) in [4.78, 5) is 0. The van der Waals surface area contributed by atoms with E-state index in [1.807, 2.05) is 0 Å². The van der Waals surface area contributed by atoms with Gasteiger partial charge in [-0.15, -0.1) is 11.8 Å². The van der Waals surface area contributed by atoms with Crippen molar-refractivity contribution in [3.8, 4) is 11.8 Å². The number of hydrogen-bond acceptors (Lipinski definition) is 2. The van der Waals surface area contributed by atoms with Crippen LogP contribution in [0.1, 0.15) is 20.3 Å². The second-order valence-electron chi connectivity index (χ2n) is 2.36. The summed E-state index contributed by atoms with van der Waals surface area (Å²) in [5.74, 6) is 5.37. The van der Waals surface area contributed by atoms with Crippen LogP contribution in [-0.4, -0.2) is 22.9 Å². The first-order valence-electron chi connectivity index (χ1n) is 3.41. The minimum atomic E-state index is -0.488. The molecule has 0 aromatic rings. The minimum Gasteiger partial charge on any atom is -0.396 e. The lowest BCUT2D eigenvalue weighted by atomic mass is 10.0. The van der Waals surface area contributed by atoms with E-state index in [-0.39, 0.29) is 12.5 Å². The summed E-state index contributed by atoms with van der Waals surface area (Å²) in [5, 5.41) is 17.8. The molecule has 0 bridgehead atoms. The van der Waals surface area contributed by atoms with Crippen LogP contribution in [0.3, 0.4) is 0 Å². The number of rotatable bonds is 3. The van der Waals surface area contributed by atoms with E-state index in [4.69, 9.17) is 5.11 Å². The lowest BCUT2D eigenvalue weighted by molar-refractivity contribution is 0.0811. The van der Waals surface area contributed by atoms with E-state index in [0.717, 1.165) is 0 Å². The fourth-order valence-electron chi connectivity index (χ4n) is 0.529. The standard InChI is InChI=1S/C8H14O2/c1-3-4-5-8(10)7(2)6-9/h7-10H,5-6H2,1-2H3/t7-,8+/m0/s1. The quantitative estimate of drug-likeness (QED) is 0.559. The van der Waals surface area contributed by atoms with Gasteiger partial charge in [-0.25, -0.2) is 0 Å². The monoisotopic (exact) mass is 142 g/mol. The van der Waals surface area contributed by atoms with E-state index in [9.17, 15) is 5.11 Å². The van der Waals surface area contributed by atoms with Gasteiger partial charge in [-0.1, -0.05) is 6.92 Å². The molecular formula is C8H14O2. The Kier molecular flexibility index (Phi) is 5.00. The highest BCUT2D eigenvalue weighted by molar-refractivity contribution is 4.97. The van der Waals surface area contributed by atoms with Gasteiger partial charge in [0.2, 0.25) is 0 Å². The van der Waals surface area contributed by atoms with Crippen molar-refractivity contribution < 1.29 is 10.2 Å². The van der Waals surface area contributed by atoms with E-state index < -0.39 is 6.10 Å². The van der Waals surface area contributed by atoms with Crippen LogP contribution in [0.15, 0.2) is 0 Å². The zero-order valence-electron chi connectivity index (χ0n) is 6.46. The molecule has 0 aliphatic heterocycles. The third kappa shape index (κ3) is 3.49. The predicted molar refractivity (Wildman–Crippen MR) is 40.3 cm³/mol. The average Bonchev–Trinajstić information content (AvgIpc) is 1.98. The Labute approximate surface area is 61.9 Å². The maximum atomic E-state index is 9.19. The smallest absolute Gasteiger partial charge is 0.0696 e. The molecule has 2 heteroatoms. The molecule has 0 heterocycles. The number of aliphatic hydroxyl groups excluding tert-OH is 2. The van der Waals surface area contributed by atoms with Gasteiger partial charge in [0.05, 0.1) is 6.10 Å². The highest BCUT2D eigenvalue weighted by Gasteiger charge is 2.10. The molecule has 58 valence electrons. The van der Waals surface area contributed by atoms with Gasteiger partial charge in [-0.05, 0) is 6.92 Å². The third-order valence-corrected chi connectivity index (χ3v) is 1.43. The second-order valence-corrected chi connectivity index (χ2v) is 2.36. The van der Waals surface area contributed by atoms with Crippen LogP contribution in [0, 0.1) is 17.8 Å².